The number of rotatable bonds is 8. The number of guanidine groups is 1. The van der Waals surface area contributed by atoms with Crippen molar-refractivity contribution in [3.63, 3.8) is 0 Å². The van der Waals surface area contributed by atoms with E-state index in [2.05, 4.69) is 47.7 Å². The van der Waals surface area contributed by atoms with Gasteiger partial charge in [0.15, 0.2) is 15.8 Å². The summed E-state index contributed by atoms with van der Waals surface area (Å²) in [6.45, 7) is 8.06. The van der Waals surface area contributed by atoms with Crippen LogP contribution >= 0.6 is 24.0 Å². The van der Waals surface area contributed by atoms with Gasteiger partial charge in [0.25, 0.3) is 0 Å². The molecule has 5 nitrogen and oxygen atoms in total. The number of benzene rings is 2. The van der Waals surface area contributed by atoms with Crippen LogP contribution in [0.4, 0.5) is 0 Å². The minimum Gasteiger partial charge on any atom is -0.357 e. The van der Waals surface area contributed by atoms with Crippen LogP contribution in [0.3, 0.4) is 0 Å². The van der Waals surface area contributed by atoms with Gasteiger partial charge in [-0.1, -0.05) is 42.0 Å². The Labute approximate surface area is 186 Å². The average molecular weight is 515 g/mol. The van der Waals surface area contributed by atoms with Crippen LogP contribution in [0.5, 0.6) is 0 Å². The quantitative estimate of drug-likeness (QED) is 0.243. The van der Waals surface area contributed by atoms with Crippen molar-refractivity contribution in [3.05, 3.63) is 65.2 Å². The van der Waals surface area contributed by atoms with Gasteiger partial charge in [-0.25, -0.2) is 13.4 Å². The van der Waals surface area contributed by atoms with Gasteiger partial charge in [0.1, 0.15) is 0 Å². The number of aryl methyl sites for hydroxylation is 2. The molecule has 28 heavy (non-hydrogen) atoms. The van der Waals surface area contributed by atoms with Crippen LogP contribution in [0.1, 0.15) is 30.0 Å². The van der Waals surface area contributed by atoms with E-state index in [1.54, 1.807) is 24.3 Å². The summed E-state index contributed by atoms with van der Waals surface area (Å²) >= 11 is 0. The lowest BCUT2D eigenvalue weighted by atomic mass is 10.1. The molecular weight excluding hydrogens is 485 g/mol. The maximum atomic E-state index is 12.3. The molecule has 7 heteroatoms. The molecule has 0 unspecified atom stereocenters. The molecule has 2 aromatic carbocycles. The van der Waals surface area contributed by atoms with Crippen molar-refractivity contribution >= 4 is 39.8 Å². The Balaban J connectivity index is 0.00000392. The summed E-state index contributed by atoms with van der Waals surface area (Å²) < 4.78 is 24.6. The molecule has 0 aliphatic heterocycles. The summed E-state index contributed by atoms with van der Waals surface area (Å²) in [7, 11) is -3.24. The first kappa shape index (κ1) is 24.4. The molecule has 0 aromatic heterocycles. The Hall–Kier alpha value is -1.61. The Morgan fingerprint density at radius 3 is 2.39 bits per heavy atom. The zero-order valence-corrected chi connectivity index (χ0v) is 19.9. The van der Waals surface area contributed by atoms with E-state index in [-0.39, 0.29) is 29.7 Å². The van der Waals surface area contributed by atoms with Crippen molar-refractivity contribution in [1.29, 1.82) is 0 Å². The molecule has 0 aliphatic carbocycles. The zero-order valence-electron chi connectivity index (χ0n) is 16.7. The highest BCUT2D eigenvalue weighted by Gasteiger charge is 2.13. The van der Waals surface area contributed by atoms with E-state index in [0.717, 1.165) is 6.54 Å². The van der Waals surface area contributed by atoms with Crippen molar-refractivity contribution < 1.29 is 8.42 Å². The third-order valence-electron chi connectivity index (χ3n) is 4.23. The zero-order chi connectivity index (χ0) is 19.7. The summed E-state index contributed by atoms with van der Waals surface area (Å²) in [4.78, 5) is 4.99. The predicted molar refractivity (Wildman–Crippen MR) is 127 cm³/mol. The second-order valence-electron chi connectivity index (χ2n) is 6.54. The van der Waals surface area contributed by atoms with E-state index >= 15 is 0 Å². The highest BCUT2D eigenvalue weighted by molar-refractivity contribution is 14.0. The third kappa shape index (κ3) is 7.79. The molecule has 2 N–H and O–H groups in total. The first-order valence-electron chi connectivity index (χ1n) is 9.28. The molecule has 154 valence electrons. The van der Waals surface area contributed by atoms with Crippen molar-refractivity contribution in [2.75, 3.05) is 18.8 Å². The van der Waals surface area contributed by atoms with E-state index in [1.165, 1.54) is 16.7 Å². The molecule has 0 amide bonds. The first-order valence-corrected chi connectivity index (χ1v) is 10.9. The van der Waals surface area contributed by atoms with E-state index in [4.69, 9.17) is 0 Å². The molecule has 0 heterocycles. The SMILES string of the molecule is CCNC(=NCc1ccc(C)cc1C)NCCCS(=O)(=O)c1ccccc1.I. The van der Waals surface area contributed by atoms with Gasteiger partial charge < -0.3 is 10.6 Å². The van der Waals surface area contributed by atoms with Crippen molar-refractivity contribution in [3.8, 4) is 0 Å². The maximum Gasteiger partial charge on any atom is 0.191 e. The van der Waals surface area contributed by atoms with Crippen LogP contribution in [0, 0.1) is 13.8 Å². The highest BCUT2D eigenvalue weighted by Crippen LogP contribution is 2.12. The molecule has 0 aliphatic rings. The average Bonchev–Trinajstić information content (AvgIpc) is 2.65. The van der Waals surface area contributed by atoms with Gasteiger partial charge in [0, 0.05) is 13.1 Å². The Bertz CT molecular complexity index is 868. The second kappa shape index (κ2) is 12.1. The van der Waals surface area contributed by atoms with Gasteiger partial charge in [-0.2, -0.15) is 0 Å². The normalized spacial score (nSPS) is 11.6. The molecule has 0 saturated heterocycles. The third-order valence-corrected chi connectivity index (χ3v) is 6.05. The largest absolute Gasteiger partial charge is 0.357 e. The van der Waals surface area contributed by atoms with Crippen molar-refractivity contribution in [2.24, 2.45) is 4.99 Å². The van der Waals surface area contributed by atoms with Crippen LogP contribution in [-0.2, 0) is 16.4 Å². The fourth-order valence-corrected chi connectivity index (χ4v) is 4.08. The summed E-state index contributed by atoms with van der Waals surface area (Å²) in [6, 6.07) is 14.9. The monoisotopic (exact) mass is 515 g/mol. The molecule has 0 saturated carbocycles. The lowest BCUT2D eigenvalue weighted by molar-refractivity contribution is 0.592. The molecule has 2 aromatic rings. The van der Waals surface area contributed by atoms with Gasteiger partial charge in [-0.3, -0.25) is 0 Å². The molecule has 0 radical (unpaired) electrons. The topological polar surface area (TPSA) is 70.6 Å². The Kier molecular flexibility index (Phi) is 10.5. The number of halogens is 1. The fourth-order valence-electron chi connectivity index (χ4n) is 2.74. The molecule has 2 rings (SSSR count). The van der Waals surface area contributed by atoms with E-state index < -0.39 is 9.84 Å². The summed E-state index contributed by atoms with van der Waals surface area (Å²) in [5, 5.41) is 6.42. The first-order chi connectivity index (χ1) is 12.9. The van der Waals surface area contributed by atoms with Crippen LogP contribution in [0.15, 0.2) is 58.4 Å². The van der Waals surface area contributed by atoms with Crippen molar-refractivity contribution in [1.82, 2.24) is 10.6 Å². The van der Waals surface area contributed by atoms with E-state index in [1.807, 2.05) is 13.0 Å². The molecule has 0 bridgehead atoms. The maximum absolute atomic E-state index is 12.3. The van der Waals surface area contributed by atoms with Gasteiger partial charge in [-0.05, 0) is 50.5 Å². The van der Waals surface area contributed by atoms with Gasteiger partial charge in [0.2, 0.25) is 0 Å². The summed E-state index contributed by atoms with van der Waals surface area (Å²) in [5.41, 5.74) is 3.65. The van der Waals surface area contributed by atoms with Crippen LogP contribution in [0.25, 0.3) is 0 Å². The van der Waals surface area contributed by atoms with Gasteiger partial charge in [0.05, 0.1) is 17.2 Å². The molecule has 0 fully saturated rings. The number of hydrogen-bond donors (Lipinski definition) is 2. The number of nitrogens with one attached hydrogen (secondary N) is 2. The minimum absolute atomic E-state index is 0. The lowest BCUT2D eigenvalue weighted by Gasteiger charge is -2.12. The number of hydrogen-bond acceptors (Lipinski definition) is 3. The highest BCUT2D eigenvalue weighted by atomic mass is 127. The Morgan fingerprint density at radius 2 is 1.75 bits per heavy atom. The van der Waals surface area contributed by atoms with Gasteiger partial charge in [-0.15, -0.1) is 24.0 Å². The minimum atomic E-state index is -3.24. The second-order valence-corrected chi connectivity index (χ2v) is 8.65. The predicted octanol–water partition coefficient (Wildman–Crippen LogP) is 3.84. The summed E-state index contributed by atoms with van der Waals surface area (Å²) in [5.74, 6) is 0.815. The molecule has 0 spiro atoms. The van der Waals surface area contributed by atoms with Crippen LogP contribution < -0.4 is 10.6 Å². The fraction of sp³-hybridized carbons (Fsp3) is 0.381. The van der Waals surface area contributed by atoms with Crippen LogP contribution in [0.2, 0.25) is 0 Å². The molecular formula is C21H30IN3O2S. The lowest BCUT2D eigenvalue weighted by Crippen LogP contribution is -2.38. The summed E-state index contributed by atoms with van der Waals surface area (Å²) in [6.07, 6.45) is 0.519. The molecule has 0 atom stereocenters. The van der Waals surface area contributed by atoms with Gasteiger partial charge >= 0.3 is 0 Å². The standard InChI is InChI=1S/C21H29N3O2S.HI/c1-4-22-21(24-16-19-12-11-17(2)15-18(19)3)23-13-8-14-27(25,26)20-9-6-5-7-10-20;/h5-7,9-12,15H,4,8,13-14,16H2,1-3H3,(H2,22,23,24);1H. The van der Waals surface area contributed by atoms with E-state index in [9.17, 15) is 8.42 Å². The van der Waals surface area contributed by atoms with Crippen LogP contribution in [-0.4, -0.2) is 33.2 Å². The number of nitrogens with zero attached hydrogens (tertiary/aromatic N) is 1. The smallest absolute Gasteiger partial charge is 0.191 e. The van der Waals surface area contributed by atoms with Crippen molar-refractivity contribution in [2.45, 2.75) is 38.6 Å². The Morgan fingerprint density at radius 1 is 1.04 bits per heavy atom. The number of sulfone groups is 1. The van der Waals surface area contributed by atoms with E-state index in [0.29, 0.717) is 30.4 Å². The number of aliphatic imine (C=N–C) groups is 1.